The fourth-order valence-electron chi connectivity index (χ4n) is 1.01. The van der Waals surface area contributed by atoms with Crippen molar-refractivity contribution in [3.05, 3.63) is 9.66 Å². The SMILES string of the molecule is CC1(O)CCCC=C1I. The standard InChI is InChI=1S/C7H11IO/c1-7(9)5-3-2-4-6(7)8/h4,9H,2-3,5H2,1H3. The van der Waals surface area contributed by atoms with Crippen LogP contribution in [0.2, 0.25) is 0 Å². The first-order valence-electron chi connectivity index (χ1n) is 3.21. The maximum atomic E-state index is 9.57. The molecule has 0 saturated carbocycles. The van der Waals surface area contributed by atoms with Crippen LogP contribution < -0.4 is 0 Å². The van der Waals surface area contributed by atoms with Gasteiger partial charge in [0.1, 0.15) is 0 Å². The molecule has 0 spiro atoms. The normalized spacial score (nSPS) is 36.1. The molecule has 0 radical (unpaired) electrons. The van der Waals surface area contributed by atoms with Gasteiger partial charge in [0.2, 0.25) is 0 Å². The van der Waals surface area contributed by atoms with Crippen LogP contribution in [0.25, 0.3) is 0 Å². The Kier molecular flexibility index (Phi) is 2.16. The van der Waals surface area contributed by atoms with Gasteiger partial charge < -0.3 is 5.11 Å². The second-order valence-corrected chi connectivity index (χ2v) is 3.88. The zero-order valence-electron chi connectivity index (χ0n) is 5.52. The molecule has 0 saturated heterocycles. The number of hydrogen-bond donors (Lipinski definition) is 1. The van der Waals surface area contributed by atoms with Gasteiger partial charge in [-0.15, -0.1) is 0 Å². The van der Waals surface area contributed by atoms with Crippen LogP contribution >= 0.6 is 22.6 Å². The van der Waals surface area contributed by atoms with Crippen molar-refractivity contribution in [2.75, 3.05) is 0 Å². The summed E-state index contributed by atoms with van der Waals surface area (Å²) in [5.41, 5.74) is -0.515. The second kappa shape index (κ2) is 2.58. The molecule has 1 atom stereocenters. The Balaban J connectivity index is 2.73. The average molecular weight is 238 g/mol. The van der Waals surface area contributed by atoms with Gasteiger partial charge in [0, 0.05) is 3.58 Å². The predicted molar refractivity (Wildman–Crippen MR) is 46.6 cm³/mol. The quantitative estimate of drug-likeness (QED) is 0.641. The van der Waals surface area contributed by atoms with E-state index < -0.39 is 5.60 Å². The second-order valence-electron chi connectivity index (χ2n) is 2.72. The van der Waals surface area contributed by atoms with Gasteiger partial charge in [-0.1, -0.05) is 6.08 Å². The highest BCUT2D eigenvalue weighted by Gasteiger charge is 2.25. The third-order valence-corrected chi connectivity index (χ3v) is 3.31. The summed E-state index contributed by atoms with van der Waals surface area (Å²) in [5.74, 6) is 0. The van der Waals surface area contributed by atoms with Crippen LogP contribution in [0, 0.1) is 0 Å². The van der Waals surface area contributed by atoms with Crippen LogP contribution in [0.5, 0.6) is 0 Å². The molecule has 0 heterocycles. The molecule has 0 aromatic carbocycles. The molecule has 0 fully saturated rings. The Bertz CT molecular complexity index is 138. The highest BCUT2D eigenvalue weighted by Crippen LogP contribution is 2.32. The molecular weight excluding hydrogens is 227 g/mol. The summed E-state index contributed by atoms with van der Waals surface area (Å²) in [7, 11) is 0. The fraction of sp³-hybridized carbons (Fsp3) is 0.714. The van der Waals surface area contributed by atoms with Crippen LogP contribution in [-0.2, 0) is 0 Å². The first-order valence-corrected chi connectivity index (χ1v) is 4.29. The summed E-state index contributed by atoms with van der Waals surface area (Å²) >= 11 is 2.21. The van der Waals surface area contributed by atoms with Crippen LogP contribution in [0.15, 0.2) is 9.66 Å². The Morgan fingerprint density at radius 2 is 2.44 bits per heavy atom. The summed E-state index contributed by atoms with van der Waals surface area (Å²) in [6, 6.07) is 0. The Hall–Kier alpha value is 0.430. The van der Waals surface area contributed by atoms with Gasteiger partial charge in [0.25, 0.3) is 0 Å². The van der Waals surface area contributed by atoms with Crippen molar-refractivity contribution in [1.29, 1.82) is 0 Å². The molecule has 0 aromatic heterocycles. The number of rotatable bonds is 0. The van der Waals surface area contributed by atoms with Crippen molar-refractivity contribution in [1.82, 2.24) is 0 Å². The molecular formula is C7H11IO. The molecule has 2 heteroatoms. The Labute approximate surface area is 69.3 Å². The molecule has 1 rings (SSSR count). The van der Waals surface area contributed by atoms with Crippen molar-refractivity contribution in [3.63, 3.8) is 0 Å². The zero-order valence-corrected chi connectivity index (χ0v) is 7.68. The summed E-state index contributed by atoms with van der Waals surface area (Å²) in [5, 5.41) is 9.57. The van der Waals surface area contributed by atoms with Gasteiger partial charge in [-0.05, 0) is 48.8 Å². The van der Waals surface area contributed by atoms with Gasteiger partial charge in [0.05, 0.1) is 5.60 Å². The summed E-state index contributed by atoms with van der Waals surface area (Å²) < 4.78 is 1.10. The first kappa shape index (κ1) is 7.54. The van der Waals surface area contributed by atoms with Crippen LogP contribution in [0.3, 0.4) is 0 Å². The van der Waals surface area contributed by atoms with Crippen LogP contribution in [-0.4, -0.2) is 10.7 Å². The lowest BCUT2D eigenvalue weighted by Gasteiger charge is -2.26. The minimum Gasteiger partial charge on any atom is -0.385 e. The van der Waals surface area contributed by atoms with E-state index in [1.165, 1.54) is 0 Å². The molecule has 9 heavy (non-hydrogen) atoms. The topological polar surface area (TPSA) is 20.2 Å². The molecule has 1 aliphatic carbocycles. The van der Waals surface area contributed by atoms with Gasteiger partial charge in [-0.3, -0.25) is 0 Å². The molecule has 0 aliphatic heterocycles. The zero-order chi connectivity index (χ0) is 6.91. The van der Waals surface area contributed by atoms with Crippen molar-refractivity contribution in [2.24, 2.45) is 0 Å². The lowest BCUT2D eigenvalue weighted by atomic mass is 9.93. The average Bonchev–Trinajstić information content (AvgIpc) is 1.77. The Morgan fingerprint density at radius 3 is 2.78 bits per heavy atom. The van der Waals surface area contributed by atoms with E-state index in [1.807, 2.05) is 6.92 Å². The van der Waals surface area contributed by atoms with E-state index in [2.05, 4.69) is 28.7 Å². The highest BCUT2D eigenvalue weighted by atomic mass is 127. The Morgan fingerprint density at radius 1 is 1.78 bits per heavy atom. The van der Waals surface area contributed by atoms with Gasteiger partial charge in [-0.25, -0.2) is 0 Å². The van der Waals surface area contributed by atoms with E-state index in [1.54, 1.807) is 0 Å². The van der Waals surface area contributed by atoms with E-state index >= 15 is 0 Å². The van der Waals surface area contributed by atoms with Crippen LogP contribution in [0.1, 0.15) is 26.2 Å². The van der Waals surface area contributed by atoms with Gasteiger partial charge in [0.15, 0.2) is 0 Å². The summed E-state index contributed by atoms with van der Waals surface area (Å²) in [6.07, 6.45) is 5.29. The van der Waals surface area contributed by atoms with E-state index in [4.69, 9.17) is 0 Å². The molecule has 1 aliphatic rings. The minimum absolute atomic E-state index is 0.515. The number of aliphatic hydroxyl groups is 1. The summed E-state index contributed by atoms with van der Waals surface area (Å²) in [4.78, 5) is 0. The van der Waals surface area contributed by atoms with Crippen molar-refractivity contribution >= 4 is 22.6 Å². The lowest BCUT2D eigenvalue weighted by molar-refractivity contribution is 0.0927. The summed E-state index contributed by atoms with van der Waals surface area (Å²) in [6.45, 7) is 1.88. The number of allylic oxidation sites excluding steroid dienone is 1. The van der Waals surface area contributed by atoms with E-state index in [0.29, 0.717) is 0 Å². The smallest absolute Gasteiger partial charge is 0.0921 e. The lowest BCUT2D eigenvalue weighted by Crippen LogP contribution is -2.26. The predicted octanol–water partition coefficient (Wildman–Crippen LogP) is 2.24. The van der Waals surface area contributed by atoms with E-state index in [0.717, 1.165) is 22.8 Å². The number of halogens is 1. The molecule has 0 aromatic rings. The van der Waals surface area contributed by atoms with Gasteiger partial charge >= 0.3 is 0 Å². The van der Waals surface area contributed by atoms with Gasteiger partial charge in [-0.2, -0.15) is 0 Å². The molecule has 1 N–H and O–H groups in total. The first-order chi connectivity index (χ1) is 4.13. The van der Waals surface area contributed by atoms with Crippen molar-refractivity contribution in [2.45, 2.75) is 31.8 Å². The minimum atomic E-state index is -0.515. The van der Waals surface area contributed by atoms with Crippen molar-refractivity contribution < 1.29 is 5.11 Å². The highest BCUT2D eigenvalue weighted by molar-refractivity contribution is 14.1. The largest absolute Gasteiger partial charge is 0.385 e. The third-order valence-electron chi connectivity index (χ3n) is 1.71. The molecule has 0 bridgehead atoms. The fourth-order valence-corrected chi connectivity index (χ4v) is 1.60. The monoisotopic (exact) mass is 238 g/mol. The molecule has 1 nitrogen and oxygen atoms in total. The maximum Gasteiger partial charge on any atom is 0.0921 e. The van der Waals surface area contributed by atoms with Crippen LogP contribution in [0.4, 0.5) is 0 Å². The van der Waals surface area contributed by atoms with E-state index in [-0.39, 0.29) is 0 Å². The van der Waals surface area contributed by atoms with Crippen molar-refractivity contribution in [3.8, 4) is 0 Å². The maximum absolute atomic E-state index is 9.57. The molecule has 1 unspecified atom stereocenters. The molecule has 0 amide bonds. The van der Waals surface area contributed by atoms with E-state index in [9.17, 15) is 5.11 Å². The number of hydrogen-bond acceptors (Lipinski definition) is 1. The third kappa shape index (κ3) is 1.67. The molecule has 52 valence electrons.